The molecule has 103 valence electrons. The molecule has 0 aromatic rings. The van der Waals surface area contributed by atoms with Crippen molar-refractivity contribution in [1.82, 2.24) is 0 Å². The molecule has 3 heteroatoms. The summed E-state index contributed by atoms with van der Waals surface area (Å²) in [5.41, 5.74) is 0. The van der Waals surface area contributed by atoms with Crippen molar-refractivity contribution in [2.24, 2.45) is 0 Å². The molecular formula is C16H22O2Y-2. The Morgan fingerprint density at radius 3 is 1.42 bits per heavy atom. The molecule has 0 aliphatic rings. The first-order valence-electron chi connectivity index (χ1n) is 5.77. The molecule has 0 unspecified atom stereocenters. The Morgan fingerprint density at radius 2 is 1.21 bits per heavy atom. The van der Waals surface area contributed by atoms with Gasteiger partial charge in [-0.3, -0.25) is 0 Å². The summed E-state index contributed by atoms with van der Waals surface area (Å²) in [6, 6.07) is 0. The van der Waals surface area contributed by atoms with Gasteiger partial charge in [0.2, 0.25) is 0 Å². The monoisotopic (exact) mass is 335 g/mol. The molecule has 0 saturated carbocycles. The average molecular weight is 335 g/mol. The number of ketones is 2. The maximum absolute atomic E-state index is 10.3. The number of Topliss-reactive ketones (excluding diaryl/α,β-unsaturated/α-hetero) is 2. The molecule has 0 N–H and O–H groups in total. The summed E-state index contributed by atoms with van der Waals surface area (Å²) in [4.78, 5) is 20.6. The van der Waals surface area contributed by atoms with Gasteiger partial charge in [-0.1, -0.05) is 37.5 Å². The summed E-state index contributed by atoms with van der Waals surface area (Å²) < 4.78 is 0. The first kappa shape index (κ1) is 23.3. The van der Waals surface area contributed by atoms with Crippen LogP contribution in [0, 0.1) is 12.8 Å². The van der Waals surface area contributed by atoms with Crippen molar-refractivity contribution >= 4 is 11.6 Å². The van der Waals surface area contributed by atoms with Gasteiger partial charge < -0.3 is 22.4 Å². The predicted octanol–water partition coefficient (Wildman–Crippen LogP) is 3.82. The van der Waals surface area contributed by atoms with Crippen LogP contribution < -0.4 is 0 Å². The quantitative estimate of drug-likeness (QED) is 0.499. The number of allylic oxidation sites excluding steroid dienone is 6. The summed E-state index contributed by atoms with van der Waals surface area (Å²) in [6.07, 6.45) is 15.5. The molecule has 0 saturated heterocycles. The van der Waals surface area contributed by atoms with E-state index in [1.165, 1.54) is 0 Å². The van der Waals surface area contributed by atoms with Crippen LogP contribution in [-0.4, -0.2) is 11.6 Å². The van der Waals surface area contributed by atoms with Gasteiger partial charge in [0, 0.05) is 32.7 Å². The number of carbonyl (C=O) groups excluding carboxylic acids is 2. The number of rotatable bonds is 8. The van der Waals surface area contributed by atoms with Crippen LogP contribution in [-0.2, 0) is 42.3 Å². The first-order chi connectivity index (χ1) is 8.54. The second-order valence-electron chi connectivity index (χ2n) is 3.43. The van der Waals surface area contributed by atoms with Crippen molar-refractivity contribution in [1.29, 1.82) is 0 Å². The molecule has 0 bridgehead atoms. The maximum atomic E-state index is 10.3. The molecule has 2 nitrogen and oxygen atoms in total. The Labute approximate surface area is 142 Å². The Morgan fingerprint density at radius 1 is 0.895 bits per heavy atom. The molecule has 0 aliphatic carbocycles. The maximum Gasteiger partial charge on any atom is 0 e. The zero-order valence-electron chi connectivity index (χ0n) is 11.8. The predicted molar refractivity (Wildman–Crippen MR) is 77.9 cm³/mol. The standard InChI is InChI=1S/2C8H11O.Y/c2*1-3-4-5-6-7-8(2)9;/h2*3-5,7H,1,6H2,2H3;/q2*-1;/b5-4+;5-4-;. The summed E-state index contributed by atoms with van der Waals surface area (Å²) in [7, 11) is 0. The Bertz CT molecular complexity index is 283. The summed E-state index contributed by atoms with van der Waals surface area (Å²) in [5.74, 6) is 0.229. The van der Waals surface area contributed by atoms with E-state index >= 15 is 0 Å². The van der Waals surface area contributed by atoms with E-state index in [1.54, 1.807) is 38.8 Å². The average Bonchev–Trinajstić information content (AvgIpc) is 2.31. The van der Waals surface area contributed by atoms with Crippen LogP contribution in [0.3, 0.4) is 0 Å². The largest absolute Gasteiger partial charge is 0.335 e. The van der Waals surface area contributed by atoms with Crippen LogP contribution in [0.4, 0.5) is 0 Å². The Balaban J connectivity index is -0.000000256. The summed E-state index contributed by atoms with van der Waals surface area (Å²) in [5, 5.41) is 0. The van der Waals surface area contributed by atoms with E-state index in [4.69, 9.17) is 0 Å². The van der Waals surface area contributed by atoms with Gasteiger partial charge in [-0.05, 0) is 25.4 Å². The number of hydrogen-bond acceptors (Lipinski definition) is 2. The molecule has 0 fully saturated rings. The smallest absolute Gasteiger partial charge is 0 e. The minimum atomic E-state index is 0. The van der Waals surface area contributed by atoms with Gasteiger partial charge >= 0.3 is 0 Å². The fraction of sp³-hybridized carbons (Fsp3) is 0.250. The van der Waals surface area contributed by atoms with E-state index in [-0.39, 0.29) is 44.3 Å². The molecule has 0 aromatic carbocycles. The third-order valence-electron chi connectivity index (χ3n) is 1.63. The molecule has 0 rings (SSSR count). The van der Waals surface area contributed by atoms with E-state index < -0.39 is 0 Å². The summed E-state index contributed by atoms with van der Waals surface area (Å²) in [6.45, 7) is 10.1. The number of carbonyl (C=O) groups is 2. The zero-order valence-corrected chi connectivity index (χ0v) is 14.7. The summed E-state index contributed by atoms with van der Waals surface area (Å²) >= 11 is 0. The SMILES string of the molecule is C=C/C=C/C[CH-]C(C)=O.C=C/C=C\C[CH-]C(C)=O.[Y]. The van der Waals surface area contributed by atoms with Crippen LogP contribution in [0.1, 0.15) is 26.7 Å². The molecule has 0 amide bonds. The molecule has 0 atom stereocenters. The fourth-order valence-corrected chi connectivity index (χ4v) is 0.818. The van der Waals surface area contributed by atoms with Crippen LogP contribution in [0.25, 0.3) is 0 Å². The minimum absolute atomic E-state index is 0. The van der Waals surface area contributed by atoms with Gasteiger partial charge in [0.15, 0.2) is 0 Å². The van der Waals surface area contributed by atoms with E-state index in [0.717, 1.165) is 0 Å². The van der Waals surface area contributed by atoms with Gasteiger partial charge in [-0.25, -0.2) is 0 Å². The number of hydrogen-bond donors (Lipinski definition) is 0. The van der Waals surface area contributed by atoms with Crippen LogP contribution in [0.2, 0.25) is 0 Å². The topological polar surface area (TPSA) is 34.1 Å². The van der Waals surface area contributed by atoms with Crippen LogP contribution >= 0.6 is 0 Å². The first-order valence-corrected chi connectivity index (χ1v) is 5.77. The van der Waals surface area contributed by atoms with E-state index in [2.05, 4.69) is 13.2 Å². The molecule has 0 aromatic heterocycles. The third kappa shape index (κ3) is 31.7. The van der Waals surface area contributed by atoms with Crippen molar-refractivity contribution < 1.29 is 42.3 Å². The van der Waals surface area contributed by atoms with Gasteiger partial charge in [-0.2, -0.15) is 0 Å². The van der Waals surface area contributed by atoms with Gasteiger partial charge in [-0.15, -0.1) is 25.0 Å². The van der Waals surface area contributed by atoms with E-state index in [0.29, 0.717) is 12.8 Å². The normalized spacial score (nSPS) is 8.95. The van der Waals surface area contributed by atoms with Crippen molar-refractivity contribution in [2.75, 3.05) is 0 Å². The Kier molecular flexibility index (Phi) is 23.8. The van der Waals surface area contributed by atoms with E-state index in [1.807, 2.05) is 24.3 Å². The molecule has 0 aliphatic heterocycles. The minimum Gasteiger partial charge on any atom is -0.335 e. The molecule has 1 radical (unpaired) electrons. The molecule has 0 heterocycles. The van der Waals surface area contributed by atoms with Gasteiger partial charge in [0.1, 0.15) is 0 Å². The Hall–Kier alpha value is -0.856. The van der Waals surface area contributed by atoms with Crippen LogP contribution in [0.5, 0.6) is 0 Å². The zero-order chi connectivity index (χ0) is 14.2. The van der Waals surface area contributed by atoms with Crippen molar-refractivity contribution in [3.05, 3.63) is 62.5 Å². The van der Waals surface area contributed by atoms with Crippen LogP contribution in [0.15, 0.2) is 49.6 Å². The molecular weight excluding hydrogens is 313 g/mol. The molecule has 19 heavy (non-hydrogen) atoms. The van der Waals surface area contributed by atoms with E-state index in [9.17, 15) is 9.59 Å². The van der Waals surface area contributed by atoms with Gasteiger partial charge in [0.25, 0.3) is 0 Å². The molecule has 0 spiro atoms. The van der Waals surface area contributed by atoms with Gasteiger partial charge in [0.05, 0.1) is 0 Å². The third-order valence-corrected chi connectivity index (χ3v) is 1.63. The second kappa shape index (κ2) is 19.5. The fourth-order valence-electron chi connectivity index (χ4n) is 0.818. The second-order valence-corrected chi connectivity index (χ2v) is 3.43. The van der Waals surface area contributed by atoms with Crippen molar-refractivity contribution in [2.45, 2.75) is 26.7 Å². The van der Waals surface area contributed by atoms with Crippen molar-refractivity contribution in [3.8, 4) is 0 Å². The van der Waals surface area contributed by atoms with Crippen molar-refractivity contribution in [3.63, 3.8) is 0 Å².